The fraction of sp³-hybridized carbons (Fsp3) is 0.485. The molecule has 0 saturated carbocycles. The second kappa shape index (κ2) is 38.8. The number of likely N-dealkylation sites (tertiary alicyclic amines) is 4. The van der Waals surface area contributed by atoms with Gasteiger partial charge in [0.25, 0.3) is 29.4 Å². The summed E-state index contributed by atoms with van der Waals surface area (Å²) in [6.45, 7) is 33.6. The van der Waals surface area contributed by atoms with Crippen molar-refractivity contribution in [1.82, 2.24) is 103 Å². The van der Waals surface area contributed by atoms with E-state index in [2.05, 4.69) is 85.8 Å². The van der Waals surface area contributed by atoms with E-state index in [0.29, 0.717) is 82.3 Å². The highest BCUT2D eigenvalue weighted by Gasteiger charge is 2.39. The van der Waals surface area contributed by atoms with Gasteiger partial charge in [0, 0.05) is 197 Å². The van der Waals surface area contributed by atoms with E-state index in [-0.39, 0.29) is 83.2 Å². The summed E-state index contributed by atoms with van der Waals surface area (Å²) in [6, 6.07) is 19.9. The number of piperidine rings is 4. The minimum Gasteiger partial charge on any atom is -0.383 e. The highest BCUT2D eigenvalue weighted by Crippen LogP contribution is 2.41. The molecule has 2 aromatic carbocycles. The van der Waals surface area contributed by atoms with Crippen LogP contribution >= 0.6 is 11.6 Å². The molecule has 8 atom stereocenters. The smallest absolute Gasteiger partial charge is 0.294 e. The Morgan fingerprint density at radius 3 is 1.21 bits per heavy atom. The third kappa shape index (κ3) is 19.5. The van der Waals surface area contributed by atoms with E-state index >= 15 is 0 Å². The van der Waals surface area contributed by atoms with E-state index in [1.54, 1.807) is 54.9 Å². The molecule has 0 bridgehead atoms. The fourth-order valence-electron chi connectivity index (χ4n) is 20.8. The number of nitrogens with one attached hydrogen (secondary N) is 1. The van der Waals surface area contributed by atoms with Gasteiger partial charge >= 0.3 is 0 Å². The quantitative estimate of drug-likeness (QED) is 0.0833. The van der Waals surface area contributed by atoms with Crippen LogP contribution in [0.2, 0.25) is 5.02 Å². The van der Waals surface area contributed by atoms with Crippen molar-refractivity contribution in [2.75, 3.05) is 109 Å². The lowest BCUT2D eigenvalue weighted by atomic mass is 9.97. The Bertz CT molecular complexity index is 6680. The van der Waals surface area contributed by atoms with E-state index in [0.717, 1.165) is 250 Å². The lowest BCUT2D eigenvalue weighted by Crippen LogP contribution is -2.39. The SMILES string of the molecule is CC(=O)Nc1ccc(Cl)cc1C(=O)N1CCCC[C@H]1c1cc2nc(N3CC[C@H](C)C3)c(C)cn2n1.Cc1cc(C)n2nc(C(=O)N3CCCC[C@H]3c3cc4nc(N5CC[C@H](C)C5)c(C)cn4n3)nc2n1.Cc1cn2nc([C@@H]3CCCCN3C(=O)c3cc(C)c(F)c(C)c3)cc2nc1N1CC[C@H](N)C1.Cc1cnc(N)c(C(=O)N2CCCC[C@H]2c2cc3nc(N4CC[C@H](N)C4)c(C)cn3n2)c1. The topological polar surface area (TPSA) is 378 Å². The van der Waals surface area contributed by atoms with Gasteiger partial charge in [-0.2, -0.15) is 25.4 Å². The average Bonchev–Trinajstić information content (AvgIpc) is 1.64. The minimum absolute atomic E-state index is 0.0705. The normalized spacial score (nSPS) is 21.0. The van der Waals surface area contributed by atoms with Crippen LogP contribution in [0.5, 0.6) is 0 Å². The van der Waals surface area contributed by atoms with Crippen molar-refractivity contribution >= 4 is 104 Å². The molecule has 8 fully saturated rings. The maximum absolute atomic E-state index is 14.1. The predicted molar refractivity (Wildman–Crippen MR) is 518 cm³/mol. The first-order valence-electron chi connectivity index (χ1n) is 47.9. The van der Waals surface area contributed by atoms with Gasteiger partial charge < -0.3 is 61.7 Å². The van der Waals surface area contributed by atoms with Crippen molar-refractivity contribution < 1.29 is 28.4 Å². The molecule has 0 aliphatic carbocycles. The number of amides is 5. The number of nitrogens with zero attached hydrogens (tertiary/aromatic N) is 25. The number of nitrogen functional groups attached to an aromatic ring is 1. The Balaban J connectivity index is 0.000000120. The number of carbonyl (C=O) groups excluding carboxylic acids is 5. The molecule has 8 aliphatic heterocycles. The third-order valence-electron chi connectivity index (χ3n) is 27.7. The van der Waals surface area contributed by atoms with Crippen LogP contribution in [-0.2, 0) is 4.79 Å². The number of benzene rings is 2. The Labute approximate surface area is 789 Å². The molecular weight excluding hydrogens is 1730 g/mol. The summed E-state index contributed by atoms with van der Waals surface area (Å²) >= 11 is 6.22. The second-order valence-electron chi connectivity index (χ2n) is 38.6. The maximum Gasteiger partial charge on any atom is 0.294 e. The number of anilines is 6. The molecule has 19 heterocycles. The Hall–Kier alpha value is -12.9. The monoisotopic (exact) mass is 1850 g/mol. The summed E-state index contributed by atoms with van der Waals surface area (Å²) in [5, 5.41) is 27.0. The first-order valence-corrected chi connectivity index (χ1v) is 48.3. The predicted octanol–water partition coefficient (Wildman–Crippen LogP) is 14.1. The van der Waals surface area contributed by atoms with Crippen LogP contribution in [0.1, 0.15) is 262 Å². The third-order valence-corrected chi connectivity index (χ3v) is 27.9. The van der Waals surface area contributed by atoms with Crippen molar-refractivity contribution in [1.29, 1.82) is 0 Å². The van der Waals surface area contributed by atoms with Crippen LogP contribution in [0.25, 0.3) is 28.4 Å². The van der Waals surface area contributed by atoms with Gasteiger partial charge in [-0.05, 0) is 236 Å². The van der Waals surface area contributed by atoms with Gasteiger partial charge in [-0.1, -0.05) is 25.4 Å². The molecule has 8 saturated heterocycles. The zero-order chi connectivity index (χ0) is 94.6. The van der Waals surface area contributed by atoms with Gasteiger partial charge in [0.15, 0.2) is 22.6 Å². The molecule has 13 aromatic rings. The summed E-state index contributed by atoms with van der Waals surface area (Å²) < 4.78 is 23.1. The highest BCUT2D eigenvalue weighted by atomic mass is 35.5. The van der Waals surface area contributed by atoms with Crippen LogP contribution in [0, 0.1) is 80.0 Å². The van der Waals surface area contributed by atoms with Gasteiger partial charge in [-0.15, -0.1) is 5.10 Å². The standard InChI is InChI=1S/C26H31ClN6O2.C25H31FN6O.C25H31N9O.C23H30N8O/c1-16-9-11-31(14-16)25-17(2)15-33-24(29-25)13-22(30-33)23-6-4-5-10-32(23)26(35)20-12-19(27)7-8-21(20)28-18(3)34;1-15-10-18(11-16(2)23(15)26)25(33)31-8-5-4-6-21(31)20-12-22-28-24(17(3)13-32(22)29-20)30-9-7-19(27)14-30;1-15-8-10-31(13-15)23-16(2)14-33-21(27-23)12-19(29-33)20-7-5-6-9-32(20)24(35)22-28-25-26-17(3)11-18(4)34(25)30-22;1-14-9-17(21(25)26-11-14)23(32)30-7-4-3-5-19(30)18-10-20-27-22(15(2)12-31(20)28-18)29-8-6-16(24)13-29/h7-8,12-13,15-16,23H,4-6,9-11,14H2,1-3H3,(H,28,34);10-13,19,21H,4-9,14,27H2,1-3H3;11-12,14-15,20H,5-10,13H2,1-4H3;9-12,16,19H,3-8,13,24H2,1-2H3,(H2,25,26)/t16-,23-;19-,21-;15-,20-;16-,19-/m0000/s1. The highest BCUT2D eigenvalue weighted by molar-refractivity contribution is 6.31. The van der Waals surface area contributed by atoms with Gasteiger partial charge in [0.2, 0.25) is 11.7 Å². The molecule has 0 unspecified atom stereocenters. The largest absolute Gasteiger partial charge is 0.383 e. The molecule has 21 rings (SSSR count). The summed E-state index contributed by atoms with van der Waals surface area (Å²) in [6.07, 6.45) is 25.4. The fourth-order valence-corrected chi connectivity index (χ4v) is 21.0. The van der Waals surface area contributed by atoms with Crippen LogP contribution in [0.15, 0.2) is 97.7 Å². The van der Waals surface area contributed by atoms with E-state index in [4.69, 9.17) is 69.1 Å². The molecule has 708 valence electrons. The first kappa shape index (κ1) is 92.6. The zero-order valence-electron chi connectivity index (χ0n) is 79.4. The van der Waals surface area contributed by atoms with Crippen LogP contribution in [0.4, 0.5) is 39.2 Å². The second-order valence-corrected chi connectivity index (χ2v) is 39.1. The Kier molecular flexibility index (Phi) is 26.6. The van der Waals surface area contributed by atoms with Crippen molar-refractivity contribution in [3.8, 4) is 0 Å². The van der Waals surface area contributed by atoms with E-state index < -0.39 is 0 Å². The number of halogens is 2. The lowest BCUT2D eigenvalue weighted by Gasteiger charge is -2.35. The average molecular weight is 1850 g/mol. The van der Waals surface area contributed by atoms with Gasteiger partial charge in [-0.25, -0.2) is 56.9 Å². The number of pyridine rings is 1. The van der Waals surface area contributed by atoms with Crippen LogP contribution in [0.3, 0.4) is 0 Å². The van der Waals surface area contributed by atoms with Gasteiger partial charge in [-0.3, -0.25) is 24.0 Å². The van der Waals surface area contributed by atoms with Crippen molar-refractivity contribution in [2.24, 2.45) is 23.3 Å². The molecule has 36 heteroatoms. The van der Waals surface area contributed by atoms with E-state index in [1.165, 1.54) is 19.8 Å². The number of hydrogen-bond acceptors (Lipinski definition) is 24. The van der Waals surface area contributed by atoms with Gasteiger partial charge in [0.05, 0.1) is 63.8 Å². The molecular formula is C99H123ClFN29O5. The van der Waals surface area contributed by atoms with Crippen LogP contribution < -0.4 is 42.1 Å². The number of aryl methyl sites for hydroxylation is 9. The summed E-state index contributed by atoms with van der Waals surface area (Å²) in [5.41, 5.74) is 34.7. The number of nitrogens with two attached hydrogens (primary N) is 3. The number of hydrogen-bond donors (Lipinski definition) is 4. The van der Waals surface area contributed by atoms with Crippen molar-refractivity contribution in [3.05, 3.63) is 204 Å². The summed E-state index contributed by atoms with van der Waals surface area (Å²) in [7, 11) is 0. The van der Waals surface area contributed by atoms with E-state index in [1.807, 2.05) is 120 Å². The molecule has 5 amide bonds. The molecule has 11 aromatic heterocycles. The van der Waals surface area contributed by atoms with Crippen LogP contribution in [-0.4, -0.2) is 223 Å². The molecule has 8 aliphatic rings. The summed E-state index contributed by atoms with van der Waals surface area (Å²) in [5.74, 6) is 5.26. The number of rotatable bonds is 13. The van der Waals surface area contributed by atoms with Crippen molar-refractivity contribution in [2.45, 2.75) is 222 Å². The Morgan fingerprint density at radius 1 is 0.422 bits per heavy atom. The maximum atomic E-state index is 14.1. The number of carbonyl (C=O) groups is 5. The molecule has 0 spiro atoms. The Morgan fingerprint density at radius 2 is 0.815 bits per heavy atom. The van der Waals surface area contributed by atoms with Gasteiger partial charge in [0.1, 0.15) is 34.9 Å². The number of fused-ring (bicyclic) bond motifs is 5. The summed E-state index contributed by atoms with van der Waals surface area (Å²) in [4.78, 5) is 115. The molecule has 34 nitrogen and oxygen atoms in total. The lowest BCUT2D eigenvalue weighted by molar-refractivity contribution is -0.114. The zero-order valence-corrected chi connectivity index (χ0v) is 80.1. The first-order chi connectivity index (χ1) is 64.9. The molecule has 7 N–H and O–H groups in total. The molecule has 135 heavy (non-hydrogen) atoms. The van der Waals surface area contributed by atoms with Crippen molar-refractivity contribution in [3.63, 3.8) is 0 Å². The van der Waals surface area contributed by atoms with E-state index in [9.17, 15) is 28.4 Å². The number of aromatic nitrogens is 17. The minimum atomic E-state index is -0.252. The molecule has 0 radical (unpaired) electrons.